The third-order valence-corrected chi connectivity index (χ3v) is 3.16. The molecular formula is C11H21N3O3. The van der Waals surface area contributed by atoms with Crippen LogP contribution in [0.25, 0.3) is 0 Å². The van der Waals surface area contributed by atoms with E-state index in [-0.39, 0.29) is 18.6 Å². The van der Waals surface area contributed by atoms with E-state index in [1.807, 2.05) is 20.8 Å². The fourth-order valence-electron chi connectivity index (χ4n) is 2.15. The minimum atomic E-state index is -0.930. The molecule has 0 aliphatic carbocycles. The Morgan fingerprint density at radius 1 is 1.47 bits per heavy atom. The van der Waals surface area contributed by atoms with E-state index in [2.05, 4.69) is 0 Å². The molecule has 1 aliphatic heterocycles. The summed E-state index contributed by atoms with van der Waals surface area (Å²) >= 11 is 0. The molecule has 0 spiro atoms. The number of hydrogen-bond donors (Lipinski definition) is 2. The second-order valence-corrected chi connectivity index (χ2v) is 4.68. The van der Waals surface area contributed by atoms with Crippen LogP contribution < -0.4 is 5.73 Å². The van der Waals surface area contributed by atoms with Gasteiger partial charge in [-0.3, -0.25) is 4.79 Å². The minimum absolute atomic E-state index is 0.104. The first kappa shape index (κ1) is 13.8. The van der Waals surface area contributed by atoms with Crippen LogP contribution in [-0.4, -0.2) is 58.6 Å². The molecule has 0 radical (unpaired) electrons. The molecule has 0 unspecified atom stereocenters. The van der Waals surface area contributed by atoms with Crippen molar-refractivity contribution in [1.82, 2.24) is 9.80 Å². The molecule has 1 rings (SSSR count). The van der Waals surface area contributed by atoms with Gasteiger partial charge in [-0.2, -0.15) is 0 Å². The molecule has 1 heterocycles. The van der Waals surface area contributed by atoms with Gasteiger partial charge in [0.1, 0.15) is 0 Å². The Morgan fingerprint density at radius 3 is 2.41 bits per heavy atom. The monoisotopic (exact) mass is 243 g/mol. The molecule has 1 saturated heterocycles. The summed E-state index contributed by atoms with van der Waals surface area (Å²) in [5.41, 5.74) is 5.73. The van der Waals surface area contributed by atoms with Crippen LogP contribution in [0.5, 0.6) is 0 Å². The number of likely N-dealkylation sites (tertiary alicyclic amines) is 1. The second-order valence-electron chi connectivity index (χ2n) is 4.68. The van der Waals surface area contributed by atoms with E-state index in [1.165, 1.54) is 4.90 Å². The van der Waals surface area contributed by atoms with Crippen molar-refractivity contribution in [1.29, 1.82) is 0 Å². The standard InChI is InChI=1S/C11H21N3O3/c1-4-14(7(2)3)11(17)13-5-8(10(15)16)9(12)6-13/h7-9H,4-6,12H2,1-3H3,(H,15,16)/t8-,9+/m0/s1. The smallest absolute Gasteiger partial charge is 0.320 e. The van der Waals surface area contributed by atoms with E-state index in [0.717, 1.165) is 0 Å². The number of rotatable bonds is 3. The number of nitrogens with two attached hydrogens (primary N) is 1. The van der Waals surface area contributed by atoms with Gasteiger partial charge in [-0.25, -0.2) is 4.79 Å². The Morgan fingerprint density at radius 2 is 2.06 bits per heavy atom. The molecule has 98 valence electrons. The SMILES string of the molecule is CCN(C(=O)N1C[C@@H](N)[C@@H](C(=O)O)C1)C(C)C. The average molecular weight is 243 g/mol. The van der Waals surface area contributed by atoms with E-state index in [4.69, 9.17) is 10.8 Å². The number of amides is 2. The first-order chi connectivity index (χ1) is 7.88. The molecule has 0 saturated carbocycles. The summed E-state index contributed by atoms with van der Waals surface area (Å²) in [5.74, 6) is -1.58. The van der Waals surface area contributed by atoms with Crippen LogP contribution in [0.15, 0.2) is 0 Å². The quantitative estimate of drug-likeness (QED) is 0.740. The lowest BCUT2D eigenvalue weighted by atomic mass is 10.1. The molecule has 6 heteroatoms. The second kappa shape index (κ2) is 5.35. The highest BCUT2D eigenvalue weighted by molar-refractivity contribution is 5.78. The summed E-state index contributed by atoms with van der Waals surface area (Å²) < 4.78 is 0. The summed E-state index contributed by atoms with van der Waals surface area (Å²) in [4.78, 5) is 26.3. The number of carbonyl (C=O) groups excluding carboxylic acids is 1. The first-order valence-corrected chi connectivity index (χ1v) is 5.92. The summed E-state index contributed by atoms with van der Waals surface area (Å²) in [6, 6.07) is -0.489. The topological polar surface area (TPSA) is 86.9 Å². The Kier molecular flexibility index (Phi) is 4.34. The van der Waals surface area contributed by atoms with Crippen molar-refractivity contribution in [2.24, 2.45) is 11.7 Å². The maximum Gasteiger partial charge on any atom is 0.320 e. The Hall–Kier alpha value is -1.30. The highest BCUT2D eigenvalue weighted by Gasteiger charge is 2.38. The van der Waals surface area contributed by atoms with Crippen molar-refractivity contribution in [3.8, 4) is 0 Å². The largest absolute Gasteiger partial charge is 0.481 e. The number of nitrogens with zero attached hydrogens (tertiary/aromatic N) is 2. The maximum atomic E-state index is 12.1. The fraction of sp³-hybridized carbons (Fsp3) is 0.818. The summed E-state index contributed by atoms with van der Waals surface area (Å²) in [7, 11) is 0. The number of aliphatic carboxylic acids is 1. The third-order valence-electron chi connectivity index (χ3n) is 3.16. The zero-order valence-electron chi connectivity index (χ0n) is 10.6. The van der Waals surface area contributed by atoms with Crippen molar-refractivity contribution >= 4 is 12.0 Å². The molecule has 2 amide bonds. The molecule has 17 heavy (non-hydrogen) atoms. The van der Waals surface area contributed by atoms with Gasteiger partial charge in [0.25, 0.3) is 0 Å². The molecule has 3 N–H and O–H groups in total. The number of urea groups is 1. The molecule has 6 nitrogen and oxygen atoms in total. The average Bonchev–Trinajstić information content (AvgIpc) is 2.60. The predicted molar refractivity (Wildman–Crippen MR) is 63.6 cm³/mol. The van der Waals surface area contributed by atoms with Gasteiger partial charge in [0.05, 0.1) is 5.92 Å². The van der Waals surface area contributed by atoms with Crippen LogP contribution >= 0.6 is 0 Å². The van der Waals surface area contributed by atoms with Crippen molar-refractivity contribution in [2.45, 2.75) is 32.9 Å². The summed E-state index contributed by atoms with van der Waals surface area (Å²) in [6.45, 7) is 6.91. The number of carboxylic acids is 1. The van der Waals surface area contributed by atoms with E-state index >= 15 is 0 Å². The van der Waals surface area contributed by atoms with Gasteiger partial charge >= 0.3 is 12.0 Å². The molecule has 2 atom stereocenters. The molecule has 1 aliphatic rings. The van der Waals surface area contributed by atoms with Crippen molar-refractivity contribution in [3.63, 3.8) is 0 Å². The summed E-state index contributed by atoms with van der Waals surface area (Å²) in [5, 5.41) is 8.96. The van der Waals surface area contributed by atoms with Crippen LogP contribution in [0.4, 0.5) is 4.79 Å². The van der Waals surface area contributed by atoms with Crippen molar-refractivity contribution < 1.29 is 14.7 Å². The normalized spacial score (nSPS) is 24.2. The maximum absolute atomic E-state index is 12.1. The highest BCUT2D eigenvalue weighted by atomic mass is 16.4. The van der Waals surface area contributed by atoms with Gasteiger partial charge in [-0.1, -0.05) is 0 Å². The fourth-order valence-corrected chi connectivity index (χ4v) is 2.15. The van der Waals surface area contributed by atoms with Gasteiger partial charge in [-0.05, 0) is 20.8 Å². The van der Waals surface area contributed by atoms with E-state index in [1.54, 1.807) is 4.90 Å². The lowest BCUT2D eigenvalue weighted by Crippen LogP contribution is -2.46. The third kappa shape index (κ3) is 2.88. The van der Waals surface area contributed by atoms with Gasteiger partial charge in [0.2, 0.25) is 0 Å². The summed E-state index contributed by atoms with van der Waals surface area (Å²) in [6.07, 6.45) is 0. The Bertz CT molecular complexity index is 306. The van der Waals surface area contributed by atoms with E-state index < -0.39 is 17.9 Å². The number of hydrogen-bond acceptors (Lipinski definition) is 3. The number of carbonyl (C=O) groups is 2. The van der Waals surface area contributed by atoms with Crippen LogP contribution in [0.3, 0.4) is 0 Å². The molecule has 0 aromatic heterocycles. The van der Waals surface area contributed by atoms with Gasteiger partial charge in [0, 0.05) is 31.7 Å². The highest BCUT2D eigenvalue weighted by Crippen LogP contribution is 2.18. The van der Waals surface area contributed by atoms with E-state index in [9.17, 15) is 9.59 Å². The van der Waals surface area contributed by atoms with Crippen molar-refractivity contribution in [3.05, 3.63) is 0 Å². The molecule has 0 aromatic carbocycles. The molecular weight excluding hydrogens is 222 g/mol. The molecule has 0 bridgehead atoms. The zero-order chi connectivity index (χ0) is 13.2. The van der Waals surface area contributed by atoms with Gasteiger partial charge in [-0.15, -0.1) is 0 Å². The lowest BCUT2D eigenvalue weighted by molar-refractivity contribution is -0.141. The van der Waals surface area contributed by atoms with Gasteiger partial charge in [0.15, 0.2) is 0 Å². The number of carboxylic acid groups (broad SMARTS) is 1. The van der Waals surface area contributed by atoms with E-state index in [0.29, 0.717) is 13.1 Å². The minimum Gasteiger partial charge on any atom is -0.481 e. The van der Waals surface area contributed by atoms with Crippen LogP contribution in [-0.2, 0) is 4.79 Å². The Balaban J connectivity index is 2.70. The zero-order valence-corrected chi connectivity index (χ0v) is 10.6. The lowest BCUT2D eigenvalue weighted by Gasteiger charge is -2.30. The van der Waals surface area contributed by atoms with Crippen LogP contribution in [0.2, 0.25) is 0 Å². The van der Waals surface area contributed by atoms with Crippen LogP contribution in [0, 0.1) is 5.92 Å². The first-order valence-electron chi connectivity index (χ1n) is 5.92. The van der Waals surface area contributed by atoms with Crippen molar-refractivity contribution in [2.75, 3.05) is 19.6 Å². The Labute approximate surface area is 101 Å². The molecule has 0 aromatic rings. The van der Waals surface area contributed by atoms with Crippen LogP contribution in [0.1, 0.15) is 20.8 Å². The van der Waals surface area contributed by atoms with Gasteiger partial charge < -0.3 is 20.6 Å². The molecule has 1 fully saturated rings. The predicted octanol–water partition coefficient (Wildman–Crippen LogP) is 0.180.